The van der Waals surface area contributed by atoms with E-state index < -0.39 is 0 Å². The highest BCUT2D eigenvalue weighted by Gasteiger charge is 2.31. The Kier molecular flexibility index (Phi) is 5.05. The van der Waals surface area contributed by atoms with Crippen LogP contribution in [0.5, 0.6) is 5.75 Å². The average molecular weight is 326 g/mol. The van der Waals surface area contributed by atoms with Crippen molar-refractivity contribution in [3.8, 4) is 5.75 Å². The summed E-state index contributed by atoms with van der Waals surface area (Å²) in [5.41, 5.74) is 1.79. The standard InChI is InChI=1S/C18H22N4O2/c1-13-6-7-16(24-2)14(11-13)21-18(23)15-5-3-10-22(15)12-17-19-8-4-9-20-17/h4,6-9,11,15H,3,5,10,12H2,1-2H3,(H,21,23)/t15-/m1/s1. The molecule has 0 radical (unpaired) electrons. The second kappa shape index (κ2) is 7.40. The molecule has 0 aliphatic carbocycles. The van der Waals surface area contributed by atoms with Crippen molar-refractivity contribution in [2.75, 3.05) is 19.0 Å². The number of carbonyl (C=O) groups excluding carboxylic acids is 1. The summed E-state index contributed by atoms with van der Waals surface area (Å²) in [5.74, 6) is 1.41. The molecule has 1 aliphatic heterocycles. The van der Waals surface area contributed by atoms with Crippen LogP contribution >= 0.6 is 0 Å². The van der Waals surface area contributed by atoms with E-state index in [-0.39, 0.29) is 11.9 Å². The molecular weight excluding hydrogens is 304 g/mol. The number of hydrogen-bond donors (Lipinski definition) is 1. The fourth-order valence-electron chi connectivity index (χ4n) is 3.04. The zero-order valence-electron chi connectivity index (χ0n) is 14.0. The van der Waals surface area contributed by atoms with Gasteiger partial charge in [0.25, 0.3) is 0 Å². The van der Waals surface area contributed by atoms with E-state index in [1.807, 2.05) is 25.1 Å². The van der Waals surface area contributed by atoms with Crippen molar-refractivity contribution in [2.24, 2.45) is 0 Å². The van der Waals surface area contributed by atoms with Crippen LogP contribution in [0.1, 0.15) is 24.2 Å². The molecule has 0 spiro atoms. The van der Waals surface area contributed by atoms with Crippen LogP contribution in [-0.2, 0) is 11.3 Å². The van der Waals surface area contributed by atoms with Crippen molar-refractivity contribution < 1.29 is 9.53 Å². The summed E-state index contributed by atoms with van der Waals surface area (Å²) >= 11 is 0. The molecule has 126 valence electrons. The highest BCUT2D eigenvalue weighted by Crippen LogP contribution is 2.27. The molecule has 0 unspecified atom stereocenters. The third-order valence-electron chi connectivity index (χ3n) is 4.24. The lowest BCUT2D eigenvalue weighted by molar-refractivity contribution is -0.120. The van der Waals surface area contributed by atoms with E-state index in [1.165, 1.54) is 0 Å². The Hall–Kier alpha value is -2.47. The Bertz CT molecular complexity index is 705. The first-order valence-corrected chi connectivity index (χ1v) is 8.13. The molecule has 2 heterocycles. The predicted octanol–water partition coefficient (Wildman–Crippen LogP) is 2.40. The second-order valence-electron chi connectivity index (χ2n) is 5.99. The maximum Gasteiger partial charge on any atom is 0.241 e. The molecule has 0 saturated carbocycles. The Labute approximate surface area is 141 Å². The minimum absolute atomic E-state index is 0.00710. The molecule has 2 aromatic rings. The molecule has 3 rings (SSSR count). The number of methoxy groups -OCH3 is 1. The minimum atomic E-state index is -0.168. The first-order valence-electron chi connectivity index (χ1n) is 8.13. The lowest BCUT2D eigenvalue weighted by atomic mass is 10.1. The zero-order valence-corrected chi connectivity index (χ0v) is 14.0. The molecule has 1 N–H and O–H groups in total. The minimum Gasteiger partial charge on any atom is -0.495 e. The third kappa shape index (κ3) is 3.71. The van der Waals surface area contributed by atoms with E-state index in [9.17, 15) is 4.79 Å². The summed E-state index contributed by atoms with van der Waals surface area (Å²) in [6.07, 6.45) is 5.29. The third-order valence-corrected chi connectivity index (χ3v) is 4.24. The van der Waals surface area contributed by atoms with Gasteiger partial charge in [-0.25, -0.2) is 9.97 Å². The summed E-state index contributed by atoms with van der Waals surface area (Å²) in [6, 6.07) is 7.38. The molecule has 1 amide bonds. The van der Waals surface area contributed by atoms with Gasteiger partial charge in [-0.1, -0.05) is 6.07 Å². The quantitative estimate of drug-likeness (QED) is 0.914. The fourth-order valence-corrected chi connectivity index (χ4v) is 3.04. The van der Waals surface area contributed by atoms with Gasteiger partial charge in [0.1, 0.15) is 11.6 Å². The fraction of sp³-hybridized carbons (Fsp3) is 0.389. The summed E-state index contributed by atoms with van der Waals surface area (Å²) < 4.78 is 5.34. The van der Waals surface area contributed by atoms with Gasteiger partial charge in [0.05, 0.1) is 25.4 Å². The van der Waals surface area contributed by atoms with Gasteiger partial charge in [0, 0.05) is 12.4 Å². The molecule has 6 nitrogen and oxygen atoms in total. The Morgan fingerprint density at radius 3 is 2.92 bits per heavy atom. The summed E-state index contributed by atoms with van der Waals surface area (Å²) in [7, 11) is 1.61. The van der Waals surface area contributed by atoms with Gasteiger partial charge < -0.3 is 10.1 Å². The van der Waals surface area contributed by atoms with Crippen molar-refractivity contribution in [3.05, 3.63) is 48.0 Å². The van der Waals surface area contributed by atoms with E-state index in [0.717, 1.165) is 30.8 Å². The van der Waals surface area contributed by atoms with E-state index in [2.05, 4.69) is 20.2 Å². The number of nitrogens with zero attached hydrogens (tertiary/aromatic N) is 3. The van der Waals surface area contributed by atoms with Crippen molar-refractivity contribution in [2.45, 2.75) is 32.4 Å². The number of aryl methyl sites for hydroxylation is 1. The number of ether oxygens (including phenoxy) is 1. The molecule has 1 aliphatic rings. The zero-order chi connectivity index (χ0) is 16.9. The van der Waals surface area contributed by atoms with Gasteiger partial charge in [0.2, 0.25) is 5.91 Å². The number of nitrogens with one attached hydrogen (secondary N) is 1. The Morgan fingerprint density at radius 1 is 1.38 bits per heavy atom. The molecule has 1 saturated heterocycles. The molecule has 0 bridgehead atoms. The van der Waals surface area contributed by atoms with Crippen molar-refractivity contribution in [1.82, 2.24) is 14.9 Å². The van der Waals surface area contributed by atoms with Crippen LogP contribution in [0.25, 0.3) is 0 Å². The number of rotatable bonds is 5. The molecule has 24 heavy (non-hydrogen) atoms. The molecule has 1 aromatic carbocycles. The van der Waals surface area contributed by atoms with E-state index in [1.54, 1.807) is 25.6 Å². The molecular formula is C18H22N4O2. The van der Waals surface area contributed by atoms with E-state index in [0.29, 0.717) is 18.0 Å². The van der Waals surface area contributed by atoms with Gasteiger partial charge in [0.15, 0.2) is 0 Å². The maximum absolute atomic E-state index is 12.7. The lowest BCUT2D eigenvalue weighted by Gasteiger charge is -2.23. The van der Waals surface area contributed by atoms with Gasteiger partial charge in [-0.05, 0) is 50.1 Å². The van der Waals surface area contributed by atoms with Gasteiger partial charge >= 0.3 is 0 Å². The van der Waals surface area contributed by atoms with Crippen molar-refractivity contribution in [3.63, 3.8) is 0 Å². The Balaban J connectivity index is 1.71. The van der Waals surface area contributed by atoms with Crippen LogP contribution in [-0.4, -0.2) is 40.5 Å². The molecule has 1 fully saturated rings. The van der Waals surface area contributed by atoms with Gasteiger partial charge in [-0.15, -0.1) is 0 Å². The van der Waals surface area contributed by atoms with Crippen LogP contribution in [0.2, 0.25) is 0 Å². The first kappa shape index (κ1) is 16.4. The first-order chi connectivity index (χ1) is 11.7. The van der Waals surface area contributed by atoms with Gasteiger partial charge in [-0.3, -0.25) is 9.69 Å². The van der Waals surface area contributed by atoms with Crippen LogP contribution in [0.3, 0.4) is 0 Å². The van der Waals surface area contributed by atoms with Crippen LogP contribution < -0.4 is 10.1 Å². The number of amides is 1. The van der Waals surface area contributed by atoms with Crippen LogP contribution in [0, 0.1) is 6.92 Å². The summed E-state index contributed by atoms with van der Waals surface area (Å²) in [6.45, 7) is 3.45. The average Bonchev–Trinajstić information content (AvgIpc) is 3.04. The molecule has 1 atom stereocenters. The van der Waals surface area contributed by atoms with Crippen molar-refractivity contribution >= 4 is 11.6 Å². The van der Waals surface area contributed by atoms with E-state index in [4.69, 9.17) is 4.74 Å². The summed E-state index contributed by atoms with van der Waals surface area (Å²) in [4.78, 5) is 23.4. The van der Waals surface area contributed by atoms with Gasteiger partial charge in [-0.2, -0.15) is 0 Å². The monoisotopic (exact) mass is 326 g/mol. The summed E-state index contributed by atoms with van der Waals surface area (Å²) in [5, 5.41) is 3.01. The highest BCUT2D eigenvalue weighted by molar-refractivity contribution is 5.96. The highest BCUT2D eigenvalue weighted by atomic mass is 16.5. The maximum atomic E-state index is 12.7. The predicted molar refractivity (Wildman–Crippen MR) is 91.8 cm³/mol. The van der Waals surface area contributed by atoms with Crippen LogP contribution in [0.4, 0.5) is 5.69 Å². The number of anilines is 1. The van der Waals surface area contributed by atoms with E-state index >= 15 is 0 Å². The number of hydrogen-bond acceptors (Lipinski definition) is 5. The SMILES string of the molecule is COc1ccc(C)cc1NC(=O)[C@H]1CCCN1Cc1ncccn1. The normalized spacial score (nSPS) is 17.7. The second-order valence-corrected chi connectivity index (χ2v) is 5.99. The number of carbonyl (C=O) groups is 1. The van der Waals surface area contributed by atoms with Crippen molar-refractivity contribution in [1.29, 1.82) is 0 Å². The smallest absolute Gasteiger partial charge is 0.241 e. The number of benzene rings is 1. The molecule has 1 aromatic heterocycles. The number of likely N-dealkylation sites (tertiary alicyclic amines) is 1. The molecule has 6 heteroatoms. The Morgan fingerprint density at radius 2 is 2.17 bits per heavy atom. The van der Waals surface area contributed by atoms with Crippen LogP contribution in [0.15, 0.2) is 36.7 Å². The topological polar surface area (TPSA) is 67.3 Å². The largest absolute Gasteiger partial charge is 0.495 e. The lowest BCUT2D eigenvalue weighted by Crippen LogP contribution is -2.39. The number of aromatic nitrogens is 2.